The van der Waals surface area contributed by atoms with E-state index in [1.165, 1.54) is 10.5 Å². The second kappa shape index (κ2) is 6.04. The van der Waals surface area contributed by atoms with Crippen LogP contribution in [0.15, 0.2) is 30.0 Å². The maximum absolute atomic E-state index is 11.6. The van der Waals surface area contributed by atoms with Gasteiger partial charge in [0.15, 0.2) is 0 Å². The van der Waals surface area contributed by atoms with Crippen LogP contribution in [0.5, 0.6) is 0 Å². The van der Waals surface area contributed by atoms with E-state index in [0.29, 0.717) is 12.6 Å². The maximum atomic E-state index is 11.6. The van der Waals surface area contributed by atoms with E-state index in [9.17, 15) is 9.59 Å². The molecule has 0 aliphatic heterocycles. The minimum absolute atomic E-state index is 0.351. The quantitative estimate of drug-likeness (QED) is 0.641. The van der Waals surface area contributed by atoms with Gasteiger partial charge < -0.3 is 15.1 Å². The molecule has 0 bridgehead atoms. The number of benzene rings is 1. The number of carbonyl (C=O) groups excluding carboxylic acids is 1. The molecule has 0 aliphatic carbocycles. The van der Waals surface area contributed by atoms with Crippen molar-refractivity contribution in [3.63, 3.8) is 0 Å². The highest BCUT2D eigenvalue weighted by molar-refractivity contribution is 5.95. The number of hydrogen-bond acceptors (Lipinski definition) is 3. The van der Waals surface area contributed by atoms with Crippen molar-refractivity contribution in [3.8, 4) is 0 Å². The van der Waals surface area contributed by atoms with Gasteiger partial charge in [-0.1, -0.05) is 18.2 Å². The number of carbonyl (C=O) groups is 2. The Bertz CT molecular complexity index is 534. The molecule has 0 unspecified atom stereocenters. The summed E-state index contributed by atoms with van der Waals surface area (Å²) in [5.41, 5.74) is 3.24. The molecule has 1 aromatic rings. The highest BCUT2D eigenvalue weighted by Gasteiger charge is 2.11. The number of nitrogens with zero attached hydrogens (tertiary/aromatic N) is 1. The number of aliphatic carboxylic acids is 1. The summed E-state index contributed by atoms with van der Waals surface area (Å²) in [5.74, 6) is -3.04. The lowest BCUT2D eigenvalue weighted by atomic mass is 10.1. The lowest BCUT2D eigenvalue weighted by Gasteiger charge is -2.16. The van der Waals surface area contributed by atoms with Crippen LogP contribution in [0.4, 0.5) is 0 Å². The molecule has 0 radical (unpaired) electrons. The van der Waals surface area contributed by atoms with Crippen molar-refractivity contribution in [2.45, 2.75) is 20.4 Å². The second-order valence-corrected chi connectivity index (χ2v) is 4.45. The molecule has 0 spiro atoms. The van der Waals surface area contributed by atoms with Crippen molar-refractivity contribution >= 4 is 11.9 Å². The first-order valence-corrected chi connectivity index (χ1v) is 5.76. The summed E-state index contributed by atoms with van der Waals surface area (Å²) >= 11 is 0. The third-order valence-electron chi connectivity index (χ3n) is 2.85. The Morgan fingerprint density at radius 3 is 2.37 bits per heavy atom. The van der Waals surface area contributed by atoms with E-state index in [2.05, 4.69) is 0 Å². The van der Waals surface area contributed by atoms with Gasteiger partial charge in [-0.15, -0.1) is 0 Å². The number of likely N-dealkylation sites (N-methyl/N-ethyl adjacent to an activating group) is 1. The van der Waals surface area contributed by atoms with Crippen LogP contribution in [0.25, 0.3) is 0 Å². The van der Waals surface area contributed by atoms with Crippen LogP contribution in [0.1, 0.15) is 16.7 Å². The van der Waals surface area contributed by atoms with E-state index < -0.39 is 17.6 Å². The van der Waals surface area contributed by atoms with Crippen molar-refractivity contribution < 1.29 is 19.8 Å². The van der Waals surface area contributed by atoms with Gasteiger partial charge in [0.2, 0.25) is 5.76 Å². The van der Waals surface area contributed by atoms with Crippen molar-refractivity contribution in [1.82, 2.24) is 4.90 Å². The Kier molecular flexibility index (Phi) is 4.69. The summed E-state index contributed by atoms with van der Waals surface area (Å²) in [6.07, 6.45) is 0.698. The SMILES string of the molecule is Cc1ccc(CN(C)C(=O)/C=C(\O)C(=O)O)cc1C. The molecule has 1 aromatic carbocycles. The van der Waals surface area contributed by atoms with Crippen LogP contribution in [-0.2, 0) is 16.1 Å². The van der Waals surface area contributed by atoms with Crippen LogP contribution >= 0.6 is 0 Å². The molecular formula is C14H17NO4. The summed E-state index contributed by atoms with van der Waals surface area (Å²) < 4.78 is 0. The van der Waals surface area contributed by atoms with Gasteiger partial charge in [0, 0.05) is 13.6 Å². The normalized spacial score (nSPS) is 11.2. The van der Waals surface area contributed by atoms with Crippen LogP contribution in [0.3, 0.4) is 0 Å². The smallest absolute Gasteiger partial charge is 0.371 e. The Morgan fingerprint density at radius 1 is 1.21 bits per heavy atom. The lowest BCUT2D eigenvalue weighted by molar-refractivity contribution is -0.136. The molecule has 0 aliphatic rings. The average molecular weight is 263 g/mol. The molecule has 0 fully saturated rings. The summed E-state index contributed by atoms with van der Waals surface area (Å²) in [6.45, 7) is 4.34. The zero-order valence-electron chi connectivity index (χ0n) is 11.2. The summed E-state index contributed by atoms with van der Waals surface area (Å²) in [4.78, 5) is 23.4. The molecule has 19 heavy (non-hydrogen) atoms. The van der Waals surface area contributed by atoms with Gasteiger partial charge >= 0.3 is 5.97 Å². The molecule has 0 saturated heterocycles. The van der Waals surface area contributed by atoms with Crippen molar-refractivity contribution in [3.05, 3.63) is 46.7 Å². The zero-order valence-corrected chi connectivity index (χ0v) is 11.2. The number of carboxylic acid groups (broad SMARTS) is 1. The third kappa shape index (κ3) is 4.13. The van der Waals surface area contributed by atoms with E-state index in [1.807, 2.05) is 32.0 Å². The van der Waals surface area contributed by atoms with Gasteiger partial charge in [0.05, 0.1) is 6.08 Å². The maximum Gasteiger partial charge on any atom is 0.371 e. The molecule has 1 amide bonds. The Labute approximate surface area is 111 Å². The molecular weight excluding hydrogens is 246 g/mol. The van der Waals surface area contributed by atoms with Gasteiger partial charge in [0.25, 0.3) is 5.91 Å². The first-order valence-electron chi connectivity index (χ1n) is 5.76. The van der Waals surface area contributed by atoms with Crippen LogP contribution in [-0.4, -0.2) is 34.0 Å². The van der Waals surface area contributed by atoms with Gasteiger partial charge in [-0.2, -0.15) is 0 Å². The minimum Gasteiger partial charge on any atom is -0.502 e. The fraction of sp³-hybridized carbons (Fsp3) is 0.286. The van der Waals surface area contributed by atoms with E-state index >= 15 is 0 Å². The number of aliphatic hydroxyl groups is 1. The van der Waals surface area contributed by atoms with Gasteiger partial charge in [-0.25, -0.2) is 4.79 Å². The van der Waals surface area contributed by atoms with Gasteiger partial charge in [0.1, 0.15) is 0 Å². The molecule has 5 heteroatoms. The standard InChI is InChI=1S/C14H17NO4/c1-9-4-5-11(6-10(9)2)8-15(3)13(17)7-12(16)14(18)19/h4-7,16H,8H2,1-3H3,(H,18,19)/b12-7-. The Balaban J connectivity index is 2.76. The number of hydrogen-bond donors (Lipinski definition) is 2. The number of carboxylic acids is 1. The fourth-order valence-corrected chi connectivity index (χ4v) is 1.54. The van der Waals surface area contributed by atoms with Crippen LogP contribution in [0, 0.1) is 13.8 Å². The van der Waals surface area contributed by atoms with E-state index in [0.717, 1.165) is 11.1 Å². The van der Waals surface area contributed by atoms with Crippen LogP contribution < -0.4 is 0 Å². The number of aliphatic hydroxyl groups excluding tert-OH is 1. The molecule has 0 heterocycles. The predicted octanol–water partition coefficient (Wildman–Crippen LogP) is 1.79. The molecule has 5 nitrogen and oxygen atoms in total. The lowest BCUT2D eigenvalue weighted by Crippen LogP contribution is -2.25. The van der Waals surface area contributed by atoms with Crippen molar-refractivity contribution in [1.29, 1.82) is 0 Å². The summed E-state index contributed by atoms with van der Waals surface area (Å²) in [5, 5.41) is 17.5. The highest BCUT2D eigenvalue weighted by atomic mass is 16.4. The first-order chi connectivity index (χ1) is 8.81. The molecule has 0 aromatic heterocycles. The van der Waals surface area contributed by atoms with Crippen molar-refractivity contribution in [2.24, 2.45) is 0 Å². The molecule has 2 N–H and O–H groups in total. The topological polar surface area (TPSA) is 77.8 Å². The first kappa shape index (κ1) is 14.8. The highest BCUT2D eigenvalue weighted by Crippen LogP contribution is 2.11. The molecule has 0 atom stereocenters. The number of amides is 1. The molecule has 1 rings (SSSR count). The van der Waals surface area contributed by atoms with Crippen LogP contribution in [0.2, 0.25) is 0 Å². The predicted molar refractivity (Wildman–Crippen MR) is 70.7 cm³/mol. The minimum atomic E-state index is -1.52. The zero-order chi connectivity index (χ0) is 14.6. The summed E-state index contributed by atoms with van der Waals surface area (Å²) in [6, 6.07) is 5.85. The summed E-state index contributed by atoms with van der Waals surface area (Å²) in [7, 11) is 1.54. The third-order valence-corrected chi connectivity index (χ3v) is 2.85. The Hall–Kier alpha value is -2.30. The number of rotatable bonds is 4. The van der Waals surface area contributed by atoms with E-state index in [1.54, 1.807) is 7.05 Å². The second-order valence-electron chi connectivity index (χ2n) is 4.45. The fourth-order valence-electron chi connectivity index (χ4n) is 1.54. The van der Waals surface area contributed by atoms with Gasteiger partial charge in [-0.05, 0) is 30.5 Å². The molecule has 0 saturated carbocycles. The Morgan fingerprint density at radius 2 is 1.84 bits per heavy atom. The van der Waals surface area contributed by atoms with E-state index in [-0.39, 0.29) is 0 Å². The van der Waals surface area contributed by atoms with Crippen molar-refractivity contribution in [2.75, 3.05) is 7.05 Å². The molecule has 102 valence electrons. The van der Waals surface area contributed by atoms with Gasteiger partial charge in [-0.3, -0.25) is 4.79 Å². The average Bonchev–Trinajstić information content (AvgIpc) is 2.33. The van der Waals surface area contributed by atoms with E-state index in [4.69, 9.17) is 10.2 Å². The largest absolute Gasteiger partial charge is 0.502 e. The monoisotopic (exact) mass is 263 g/mol. The number of aryl methyl sites for hydroxylation is 2.